The Morgan fingerprint density at radius 1 is 0.865 bits per heavy atom. The van der Waals surface area contributed by atoms with Crippen LogP contribution in [0.3, 0.4) is 0 Å². The summed E-state index contributed by atoms with van der Waals surface area (Å²) in [6, 6.07) is 17.2. The Hall–Kier alpha value is -2.71. The minimum atomic E-state index is -3.24. The van der Waals surface area contributed by atoms with Gasteiger partial charge in [0.2, 0.25) is 11.8 Å². The Morgan fingerprint density at radius 2 is 1.49 bits per heavy atom. The molecule has 1 saturated heterocycles. The van der Waals surface area contributed by atoms with Crippen molar-refractivity contribution in [2.24, 2.45) is 5.92 Å². The first kappa shape index (κ1) is 25.9. The van der Waals surface area contributed by atoms with Crippen LogP contribution in [-0.2, 0) is 25.8 Å². The van der Waals surface area contributed by atoms with Crippen molar-refractivity contribution in [3.8, 4) is 0 Å². The lowest BCUT2D eigenvalue weighted by molar-refractivity contribution is -0.134. The molecule has 0 aromatic heterocycles. The summed E-state index contributed by atoms with van der Waals surface area (Å²) in [5.41, 5.74) is 1.83. The second-order valence-electron chi connectivity index (χ2n) is 10.8. The van der Waals surface area contributed by atoms with Crippen LogP contribution in [0.25, 0.3) is 0 Å². The van der Waals surface area contributed by atoms with Gasteiger partial charge >= 0.3 is 0 Å². The molecule has 5 rings (SSSR count). The average molecular weight is 524 g/mol. The second kappa shape index (κ2) is 11.0. The maximum atomic E-state index is 13.3. The fourth-order valence-electron chi connectivity index (χ4n) is 5.37. The number of hydrogen-bond acceptors (Lipinski definition) is 5. The average Bonchev–Trinajstić information content (AvgIpc) is 3.80. The van der Waals surface area contributed by atoms with E-state index < -0.39 is 9.84 Å². The van der Waals surface area contributed by atoms with Crippen LogP contribution in [0.4, 0.5) is 5.69 Å². The van der Waals surface area contributed by atoms with Crippen LogP contribution in [0.1, 0.15) is 44.1 Å². The third-order valence-corrected chi connectivity index (χ3v) is 8.91. The topological polar surface area (TPSA) is 78.0 Å². The number of anilines is 1. The fraction of sp³-hybridized carbons (Fsp3) is 0.517. The number of sulfone groups is 1. The first-order valence-electron chi connectivity index (χ1n) is 13.5. The van der Waals surface area contributed by atoms with Crippen LogP contribution in [-0.4, -0.2) is 74.6 Å². The van der Waals surface area contributed by atoms with E-state index in [2.05, 4.69) is 9.80 Å². The fourth-order valence-corrected chi connectivity index (χ4v) is 6.00. The van der Waals surface area contributed by atoms with Crippen molar-refractivity contribution in [2.45, 2.75) is 61.9 Å². The van der Waals surface area contributed by atoms with Crippen LogP contribution in [0, 0.1) is 5.92 Å². The molecular weight excluding hydrogens is 486 g/mol. The summed E-state index contributed by atoms with van der Waals surface area (Å²) in [5, 5.41) is 0. The standard InChI is InChI=1S/C29H37N3O4S/c1-37(35,36)27-13-7-22(8-14-27)21-28(33)32(25-11-12-25)26-15-17-30(18-16-26)19-20-31(29(34)23-9-10-23)24-5-3-2-4-6-24/h2-8,13-14,23,25-26H,9-12,15-21H2,1H3. The Kier molecular flexibility index (Phi) is 7.67. The van der Waals surface area contributed by atoms with Crippen LogP contribution in [0.2, 0.25) is 0 Å². The zero-order valence-corrected chi connectivity index (χ0v) is 22.4. The summed E-state index contributed by atoms with van der Waals surface area (Å²) in [4.78, 5) is 33.0. The van der Waals surface area contributed by atoms with Gasteiger partial charge in [-0.25, -0.2) is 8.42 Å². The highest BCUT2D eigenvalue weighted by molar-refractivity contribution is 7.90. The van der Waals surface area contributed by atoms with Gasteiger partial charge in [-0.15, -0.1) is 0 Å². The molecule has 198 valence electrons. The number of hydrogen-bond donors (Lipinski definition) is 0. The van der Waals surface area contributed by atoms with Crippen molar-refractivity contribution in [1.29, 1.82) is 0 Å². The number of nitrogens with zero attached hydrogens (tertiary/aromatic N) is 3. The third-order valence-electron chi connectivity index (χ3n) is 7.79. The van der Waals surface area contributed by atoms with Crippen molar-refractivity contribution >= 4 is 27.3 Å². The molecule has 0 N–H and O–H groups in total. The van der Waals surface area contributed by atoms with Gasteiger partial charge in [0.15, 0.2) is 9.84 Å². The summed E-state index contributed by atoms with van der Waals surface area (Å²) < 4.78 is 23.5. The number of carbonyl (C=O) groups is 2. The van der Waals surface area contributed by atoms with Gasteiger partial charge in [0.1, 0.15) is 0 Å². The van der Waals surface area contributed by atoms with Crippen LogP contribution >= 0.6 is 0 Å². The van der Waals surface area contributed by atoms with Crippen LogP contribution in [0.15, 0.2) is 59.5 Å². The predicted octanol–water partition coefficient (Wildman–Crippen LogP) is 3.53. The lowest BCUT2D eigenvalue weighted by atomic mass is 10.0. The first-order valence-corrected chi connectivity index (χ1v) is 15.4. The predicted molar refractivity (Wildman–Crippen MR) is 144 cm³/mol. The number of rotatable bonds is 10. The molecule has 0 bridgehead atoms. The van der Waals surface area contributed by atoms with E-state index in [0.29, 0.717) is 19.0 Å². The Balaban J connectivity index is 1.15. The van der Waals surface area contributed by atoms with Crippen molar-refractivity contribution < 1.29 is 18.0 Å². The van der Waals surface area contributed by atoms with Crippen molar-refractivity contribution in [2.75, 3.05) is 37.3 Å². The molecule has 37 heavy (non-hydrogen) atoms. The smallest absolute Gasteiger partial charge is 0.230 e. The van der Waals surface area contributed by atoms with Gasteiger partial charge in [-0.3, -0.25) is 9.59 Å². The SMILES string of the molecule is CS(=O)(=O)c1ccc(CC(=O)N(C2CC2)C2CCN(CCN(C(=O)C3CC3)c3ccccc3)CC2)cc1. The normalized spacial score (nSPS) is 18.9. The minimum Gasteiger partial charge on any atom is -0.336 e. The van der Waals surface area contributed by atoms with Crippen molar-refractivity contribution in [1.82, 2.24) is 9.80 Å². The Morgan fingerprint density at radius 3 is 2.05 bits per heavy atom. The van der Waals surface area contributed by atoms with Crippen molar-refractivity contribution in [3.05, 3.63) is 60.2 Å². The highest BCUT2D eigenvalue weighted by Crippen LogP contribution is 2.34. The van der Waals surface area contributed by atoms with E-state index >= 15 is 0 Å². The molecule has 0 atom stereocenters. The van der Waals surface area contributed by atoms with E-state index in [1.54, 1.807) is 24.3 Å². The Labute approximate surface area is 220 Å². The number of likely N-dealkylation sites (tertiary alicyclic amines) is 1. The molecular formula is C29H37N3O4S. The van der Waals surface area contributed by atoms with Gasteiger partial charge in [0.25, 0.3) is 0 Å². The zero-order chi connectivity index (χ0) is 26.0. The van der Waals surface area contributed by atoms with E-state index in [1.165, 1.54) is 6.26 Å². The molecule has 2 aliphatic carbocycles. The second-order valence-corrected chi connectivity index (χ2v) is 12.8. The molecule has 0 unspecified atom stereocenters. The molecule has 2 aromatic carbocycles. The molecule has 1 aliphatic heterocycles. The minimum absolute atomic E-state index is 0.137. The first-order chi connectivity index (χ1) is 17.8. The molecule has 2 amide bonds. The molecule has 0 spiro atoms. The highest BCUT2D eigenvalue weighted by atomic mass is 32.2. The van der Waals surface area contributed by atoms with E-state index in [0.717, 1.165) is 69.4 Å². The quantitative estimate of drug-likeness (QED) is 0.476. The number of amides is 2. The molecule has 2 saturated carbocycles. The van der Waals surface area contributed by atoms with E-state index in [1.807, 2.05) is 35.2 Å². The highest BCUT2D eigenvalue weighted by Gasteiger charge is 2.39. The number of para-hydroxylation sites is 1. The van der Waals surface area contributed by atoms with Crippen LogP contribution in [0.5, 0.6) is 0 Å². The largest absolute Gasteiger partial charge is 0.336 e. The summed E-state index contributed by atoms with van der Waals surface area (Å²) in [7, 11) is -3.24. The van der Waals surface area contributed by atoms with E-state index in [-0.39, 0.29) is 28.7 Å². The lowest BCUT2D eigenvalue weighted by Gasteiger charge is -2.39. The number of carbonyl (C=O) groups excluding carboxylic acids is 2. The van der Waals surface area contributed by atoms with Gasteiger partial charge in [0, 0.05) is 56.1 Å². The summed E-state index contributed by atoms with van der Waals surface area (Å²) in [6.07, 6.45) is 7.51. The monoisotopic (exact) mass is 523 g/mol. The van der Waals surface area contributed by atoms with Gasteiger partial charge in [-0.1, -0.05) is 30.3 Å². The summed E-state index contributed by atoms with van der Waals surface area (Å²) in [5.74, 6) is 0.570. The zero-order valence-electron chi connectivity index (χ0n) is 21.6. The van der Waals surface area contributed by atoms with Gasteiger partial charge in [0.05, 0.1) is 11.3 Å². The molecule has 3 fully saturated rings. The van der Waals surface area contributed by atoms with E-state index in [4.69, 9.17) is 0 Å². The molecule has 7 nitrogen and oxygen atoms in total. The van der Waals surface area contributed by atoms with Crippen molar-refractivity contribution in [3.63, 3.8) is 0 Å². The molecule has 0 radical (unpaired) electrons. The molecule has 8 heteroatoms. The van der Waals surface area contributed by atoms with Gasteiger partial charge in [-0.2, -0.15) is 0 Å². The third kappa shape index (κ3) is 6.60. The van der Waals surface area contributed by atoms with Gasteiger partial charge in [-0.05, 0) is 68.4 Å². The number of piperidine rings is 1. The molecule has 1 heterocycles. The van der Waals surface area contributed by atoms with Crippen LogP contribution < -0.4 is 4.90 Å². The summed E-state index contributed by atoms with van der Waals surface area (Å²) in [6.45, 7) is 3.37. The maximum absolute atomic E-state index is 13.3. The summed E-state index contributed by atoms with van der Waals surface area (Å²) >= 11 is 0. The Bertz CT molecular complexity index is 1200. The van der Waals surface area contributed by atoms with Gasteiger partial charge < -0.3 is 14.7 Å². The van der Waals surface area contributed by atoms with E-state index in [9.17, 15) is 18.0 Å². The molecule has 2 aromatic rings. The number of benzene rings is 2. The lowest BCUT2D eigenvalue weighted by Crippen LogP contribution is -2.50. The maximum Gasteiger partial charge on any atom is 0.230 e. The molecule has 3 aliphatic rings.